The lowest BCUT2D eigenvalue weighted by molar-refractivity contribution is 0.0988. The zero-order chi connectivity index (χ0) is 13.9. The molecule has 1 aliphatic heterocycles. The minimum Gasteiger partial charge on any atom is -0.293 e. The fourth-order valence-corrected chi connectivity index (χ4v) is 5.68. The number of rotatable bonds is 3. The van der Waals surface area contributed by atoms with Crippen LogP contribution in [0.15, 0.2) is 42.5 Å². The zero-order valence-electron chi connectivity index (χ0n) is 11.5. The van der Waals surface area contributed by atoms with Crippen molar-refractivity contribution >= 4 is 40.1 Å². The molecule has 2 unspecified atom stereocenters. The SMILES string of the molecule is CCC1SCCSC1C(=O)c1ccc2ccccc2c1. The van der Waals surface area contributed by atoms with E-state index in [-0.39, 0.29) is 5.25 Å². The van der Waals surface area contributed by atoms with E-state index in [9.17, 15) is 4.79 Å². The van der Waals surface area contributed by atoms with Gasteiger partial charge in [0.05, 0.1) is 5.25 Å². The van der Waals surface area contributed by atoms with Crippen molar-refractivity contribution in [3.05, 3.63) is 48.0 Å². The number of carbonyl (C=O) groups excluding carboxylic acids is 1. The molecule has 1 saturated heterocycles. The van der Waals surface area contributed by atoms with Crippen molar-refractivity contribution in [2.24, 2.45) is 0 Å². The lowest BCUT2D eigenvalue weighted by Crippen LogP contribution is -2.32. The Morgan fingerprint density at radius 2 is 1.85 bits per heavy atom. The molecule has 0 spiro atoms. The molecule has 0 N–H and O–H groups in total. The summed E-state index contributed by atoms with van der Waals surface area (Å²) in [7, 11) is 0. The van der Waals surface area contributed by atoms with E-state index in [4.69, 9.17) is 0 Å². The van der Waals surface area contributed by atoms with Gasteiger partial charge in [-0.15, -0.1) is 11.8 Å². The maximum absolute atomic E-state index is 12.8. The molecule has 3 rings (SSSR count). The van der Waals surface area contributed by atoms with Crippen molar-refractivity contribution < 1.29 is 4.79 Å². The van der Waals surface area contributed by atoms with Crippen molar-refractivity contribution in [2.45, 2.75) is 23.8 Å². The molecule has 1 heterocycles. The molecule has 1 aliphatic rings. The number of hydrogen-bond donors (Lipinski definition) is 0. The van der Waals surface area contributed by atoms with Gasteiger partial charge >= 0.3 is 0 Å². The van der Waals surface area contributed by atoms with Crippen molar-refractivity contribution in [3.8, 4) is 0 Å². The minimum atomic E-state index is 0.125. The standard InChI is InChI=1S/C17H18OS2/c1-2-15-17(20-10-9-19-15)16(18)14-8-7-12-5-3-4-6-13(12)11-14/h3-8,11,15,17H,2,9-10H2,1H3. The average Bonchev–Trinajstić information content (AvgIpc) is 2.53. The second kappa shape index (κ2) is 6.23. The van der Waals surface area contributed by atoms with Crippen molar-refractivity contribution in [1.82, 2.24) is 0 Å². The van der Waals surface area contributed by atoms with Crippen LogP contribution in [0.3, 0.4) is 0 Å². The van der Waals surface area contributed by atoms with Gasteiger partial charge in [0.25, 0.3) is 0 Å². The number of carbonyl (C=O) groups is 1. The Kier molecular flexibility index (Phi) is 4.37. The lowest BCUT2D eigenvalue weighted by atomic mass is 10.0. The minimum absolute atomic E-state index is 0.125. The predicted molar refractivity (Wildman–Crippen MR) is 91.1 cm³/mol. The van der Waals surface area contributed by atoms with E-state index >= 15 is 0 Å². The monoisotopic (exact) mass is 302 g/mol. The number of benzene rings is 2. The molecular formula is C17H18OS2. The van der Waals surface area contributed by atoms with Crippen molar-refractivity contribution in [2.75, 3.05) is 11.5 Å². The molecule has 1 nitrogen and oxygen atoms in total. The third kappa shape index (κ3) is 2.75. The summed E-state index contributed by atoms with van der Waals surface area (Å²) in [6.45, 7) is 2.18. The van der Waals surface area contributed by atoms with Crippen LogP contribution in [0.4, 0.5) is 0 Å². The van der Waals surface area contributed by atoms with Crippen LogP contribution < -0.4 is 0 Å². The summed E-state index contributed by atoms with van der Waals surface area (Å²) in [5.74, 6) is 2.57. The first-order chi connectivity index (χ1) is 9.79. The number of ketones is 1. The van der Waals surface area contributed by atoms with E-state index in [1.54, 1.807) is 0 Å². The van der Waals surface area contributed by atoms with Crippen molar-refractivity contribution in [1.29, 1.82) is 0 Å². The molecule has 0 aliphatic carbocycles. The Morgan fingerprint density at radius 3 is 2.65 bits per heavy atom. The molecule has 0 aromatic heterocycles. The lowest BCUT2D eigenvalue weighted by Gasteiger charge is -2.28. The Hall–Kier alpha value is -0.930. The third-order valence-electron chi connectivity index (χ3n) is 3.75. The fourth-order valence-electron chi connectivity index (χ4n) is 2.65. The van der Waals surface area contributed by atoms with Gasteiger partial charge in [-0.2, -0.15) is 11.8 Å². The van der Waals surface area contributed by atoms with Crippen LogP contribution in [-0.2, 0) is 0 Å². The Bertz CT molecular complexity index is 623. The molecule has 0 amide bonds. The molecule has 0 bridgehead atoms. The van der Waals surface area contributed by atoms with Crippen LogP contribution >= 0.6 is 23.5 Å². The molecule has 3 heteroatoms. The molecule has 20 heavy (non-hydrogen) atoms. The van der Waals surface area contributed by atoms with Crippen molar-refractivity contribution in [3.63, 3.8) is 0 Å². The molecule has 104 valence electrons. The second-order valence-electron chi connectivity index (χ2n) is 5.04. The molecule has 2 aromatic carbocycles. The van der Waals surface area contributed by atoms with Gasteiger partial charge in [0, 0.05) is 22.3 Å². The summed E-state index contributed by atoms with van der Waals surface area (Å²) >= 11 is 3.79. The first kappa shape index (κ1) is 14.0. The molecule has 2 aromatic rings. The highest BCUT2D eigenvalue weighted by molar-refractivity contribution is 8.07. The van der Waals surface area contributed by atoms with Crippen LogP contribution in [0.1, 0.15) is 23.7 Å². The van der Waals surface area contributed by atoms with Gasteiger partial charge in [-0.05, 0) is 23.3 Å². The van der Waals surface area contributed by atoms with Crippen LogP contribution in [-0.4, -0.2) is 27.8 Å². The van der Waals surface area contributed by atoms with Gasteiger partial charge in [-0.25, -0.2) is 0 Å². The summed E-state index contributed by atoms with van der Waals surface area (Å²) < 4.78 is 0. The van der Waals surface area contributed by atoms with Gasteiger partial charge in [0.15, 0.2) is 5.78 Å². The highest BCUT2D eigenvalue weighted by Gasteiger charge is 2.31. The first-order valence-corrected chi connectivity index (χ1v) is 9.15. The highest BCUT2D eigenvalue weighted by atomic mass is 32.2. The van der Waals surface area contributed by atoms with E-state index in [0.717, 1.165) is 23.1 Å². The van der Waals surface area contributed by atoms with Gasteiger partial charge in [-0.3, -0.25) is 4.79 Å². The molecule has 2 atom stereocenters. The van der Waals surface area contributed by atoms with E-state index < -0.39 is 0 Å². The van der Waals surface area contributed by atoms with Crippen LogP contribution in [0.2, 0.25) is 0 Å². The van der Waals surface area contributed by atoms with Gasteiger partial charge in [0.2, 0.25) is 0 Å². The fraction of sp³-hybridized carbons (Fsp3) is 0.353. The number of thioether (sulfide) groups is 2. The second-order valence-corrected chi connectivity index (χ2v) is 7.63. The normalized spacial score (nSPS) is 22.9. The molecular weight excluding hydrogens is 284 g/mol. The predicted octanol–water partition coefficient (Wildman–Crippen LogP) is 4.65. The summed E-state index contributed by atoms with van der Waals surface area (Å²) in [6, 6.07) is 14.3. The molecule has 0 radical (unpaired) electrons. The average molecular weight is 302 g/mol. The van der Waals surface area contributed by atoms with E-state index in [1.165, 1.54) is 11.1 Å². The van der Waals surface area contributed by atoms with Gasteiger partial charge in [0.1, 0.15) is 0 Å². The number of Topliss-reactive ketones (excluding diaryl/α,β-unsaturated/α-hetero) is 1. The third-order valence-corrected chi connectivity index (χ3v) is 6.99. The summed E-state index contributed by atoms with van der Waals surface area (Å²) in [5, 5.41) is 2.94. The maximum atomic E-state index is 12.8. The molecule has 1 fully saturated rings. The van der Waals surface area contributed by atoms with Crippen LogP contribution in [0.5, 0.6) is 0 Å². The topological polar surface area (TPSA) is 17.1 Å². The van der Waals surface area contributed by atoms with Crippen LogP contribution in [0, 0.1) is 0 Å². The highest BCUT2D eigenvalue weighted by Crippen LogP contribution is 2.35. The Balaban J connectivity index is 1.91. The maximum Gasteiger partial charge on any atom is 0.176 e. The van der Waals surface area contributed by atoms with Gasteiger partial charge in [-0.1, -0.05) is 43.3 Å². The zero-order valence-corrected chi connectivity index (χ0v) is 13.2. The summed E-state index contributed by atoms with van der Waals surface area (Å²) in [5.41, 5.74) is 0.863. The Morgan fingerprint density at radius 1 is 1.10 bits per heavy atom. The number of fused-ring (bicyclic) bond motifs is 1. The first-order valence-electron chi connectivity index (χ1n) is 7.06. The van der Waals surface area contributed by atoms with E-state index in [1.807, 2.05) is 47.8 Å². The largest absolute Gasteiger partial charge is 0.293 e. The molecule has 0 saturated carbocycles. The quantitative estimate of drug-likeness (QED) is 0.768. The van der Waals surface area contributed by atoms with E-state index in [0.29, 0.717) is 11.0 Å². The summed E-state index contributed by atoms with van der Waals surface area (Å²) in [6.07, 6.45) is 1.07. The Labute approximate surface area is 128 Å². The smallest absolute Gasteiger partial charge is 0.176 e. The van der Waals surface area contributed by atoms with Crippen LogP contribution in [0.25, 0.3) is 10.8 Å². The van der Waals surface area contributed by atoms with E-state index in [2.05, 4.69) is 25.1 Å². The summed E-state index contributed by atoms with van der Waals surface area (Å²) in [4.78, 5) is 12.8. The number of hydrogen-bond acceptors (Lipinski definition) is 3. The van der Waals surface area contributed by atoms with Gasteiger partial charge < -0.3 is 0 Å².